The smallest absolute Gasteiger partial charge is 0.0414 e. The van der Waals surface area contributed by atoms with Gasteiger partial charge in [-0.3, -0.25) is 0 Å². The summed E-state index contributed by atoms with van der Waals surface area (Å²) in [6.07, 6.45) is 0.980. The molecule has 2 nitrogen and oxygen atoms in total. The van der Waals surface area contributed by atoms with Crippen LogP contribution < -0.4 is 10.6 Å². The summed E-state index contributed by atoms with van der Waals surface area (Å²) in [5, 5.41) is 0. The average Bonchev–Trinajstić information content (AvgIpc) is 2.36. The Kier molecular flexibility index (Phi) is 6.36. The minimum atomic E-state index is 0.137. The van der Waals surface area contributed by atoms with Gasteiger partial charge in [-0.25, -0.2) is 0 Å². The Morgan fingerprint density at radius 3 is 2.00 bits per heavy atom. The van der Waals surface area contributed by atoms with Crippen LogP contribution in [-0.2, 0) is 0 Å². The molecule has 0 bridgehead atoms. The molecular formula is C17H30N2. The highest BCUT2D eigenvalue weighted by Crippen LogP contribution is 2.28. The Morgan fingerprint density at radius 2 is 1.53 bits per heavy atom. The lowest BCUT2D eigenvalue weighted by Gasteiger charge is -2.31. The maximum absolute atomic E-state index is 6.27. The van der Waals surface area contributed by atoms with E-state index >= 15 is 0 Å². The van der Waals surface area contributed by atoms with Crippen LogP contribution in [0.5, 0.6) is 0 Å². The van der Waals surface area contributed by atoms with Crippen LogP contribution in [0.25, 0.3) is 0 Å². The van der Waals surface area contributed by atoms with Gasteiger partial charge in [0.15, 0.2) is 0 Å². The van der Waals surface area contributed by atoms with E-state index in [1.54, 1.807) is 0 Å². The molecule has 1 aromatic rings. The van der Waals surface area contributed by atoms with Crippen LogP contribution in [0.2, 0.25) is 0 Å². The summed E-state index contributed by atoms with van der Waals surface area (Å²) < 4.78 is 0. The summed E-state index contributed by atoms with van der Waals surface area (Å²) in [5.41, 5.74) is 8.87. The molecule has 2 heteroatoms. The molecule has 0 saturated carbocycles. The quantitative estimate of drug-likeness (QED) is 0.797. The molecule has 2 N–H and O–H groups in total. The van der Waals surface area contributed by atoms with Gasteiger partial charge in [0.2, 0.25) is 0 Å². The summed E-state index contributed by atoms with van der Waals surface area (Å²) in [6, 6.07) is 8.75. The van der Waals surface area contributed by atoms with Gasteiger partial charge in [-0.15, -0.1) is 0 Å². The fraction of sp³-hybridized carbons (Fsp3) is 0.647. The van der Waals surface area contributed by atoms with Gasteiger partial charge in [-0.05, 0) is 29.9 Å². The maximum atomic E-state index is 6.27. The molecule has 0 aromatic heterocycles. The molecule has 0 spiro atoms. The Hall–Kier alpha value is -1.02. The maximum Gasteiger partial charge on any atom is 0.0414 e. The third-order valence-corrected chi connectivity index (χ3v) is 3.29. The van der Waals surface area contributed by atoms with Crippen molar-refractivity contribution in [2.45, 2.75) is 47.1 Å². The van der Waals surface area contributed by atoms with Gasteiger partial charge in [0, 0.05) is 24.8 Å². The van der Waals surface area contributed by atoms with E-state index in [9.17, 15) is 0 Å². The molecule has 0 aliphatic carbocycles. The Balaban J connectivity index is 3.06. The van der Waals surface area contributed by atoms with Crippen molar-refractivity contribution in [3.63, 3.8) is 0 Å². The first kappa shape index (κ1) is 16.0. The van der Waals surface area contributed by atoms with Gasteiger partial charge in [-0.1, -0.05) is 52.8 Å². The van der Waals surface area contributed by atoms with Crippen LogP contribution in [0.3, 0.4) is 0 Å². The number of nitrogens with zero attached hydrogens (tertiary/aromatic N) is 1. The van der Waals surface area contributed by atoms with Crippen molar-refractivity contribution in [2.24, 2.45) is 17.6 Å². The third-order valence-electron chi connectivity index (χ3n) is 3.29. The third kappa shape index (κ3) is 4.87. The predicted octanol–water partition coefficient (Wildman–Crippen LogP) is 4.21. The molecule has 1 aromatic carbocycles. The lowest BCUT2D eigenvalue weighted by atomic mass is 10.0. The monoisotopic (exact) mass is 262 g/mol. The molecule has 0 amide bonds. The van der Waals surface area contributed by atoms with Crippen molar-refractivity contribution in [2.75, 3.05) is 18.0 Å². The summed E-state index contributed by atoms with van der Waals surface area (Å²) in [6.45, 7) is 13.4. The molecule has 0 unspecified atom stereocenters. The number of nitrogens with two attached hydrogens (primary N) is 1. The zero-order chi connectivity index (χ0) is 14.4. The molecule has 1 rings (SSSR count). The van der Waals surface area contributed by atoms with Gasteiger partial charge in [0.1, 0.15) is 0 Å². The summed E-state index contributed by atoms with van der Waals surface area (Å²) in [5.74, 6) is 1.31. The minimum Gasteiger partial charge on any atom is -0.371 e. The van der Waals surface area contributed by atoms with E-state index in [0.29, 0.717) is 11.8 Å². The van der Waals surface area contributed by atoms with Crippen LogP contribution in [0, 0.1) is 11.8 Å². The fourth-order valence-corrected chi connectivity index (χ4v) is 2.46. The largest absolute Gasteiger partial charge is 0.371 e. The lowest BCUT2D eigenvalue weighted by molar-refractivity contribution is 0.549. The molecule has 0 radical (unpaired) electrons. The van der Waals surface area contributed by atoms with Gasteiger partial charge < -0.3 is 10.6 Å². The van der Waals surface area contributed by atoms with E-state index in [0.717, 1.165) is 19.5 Å². The first-order chi connectivity index (χ1) is 8.95. The van der Waals surface area contributed by atoms with Crippen LogP contribution >= 0.6 is 0 Å². The fourth-order valence-electron chi connectivity index (χ4n) is 2.46. The van der Waals surface area contributed by atoms with Gasteiger partial charge >= 0.3 is 0 Å². The van der Waals surface area contributed by atoms with Gasteiger partial charge in [0.25, 0.3) is 0 Å². The van der Waals surface area contributed by atoms with Crippen molar-refractivity contribution in [1.29, 1.82) is 0 Å². The minimum absolute atomic E-state index is 0.137. The van der Waals surface area contributed by atoms with E-state index in [4.69, 9.17) is 5.73 Å². The highest BCUT2D eigenvalue weighted by Gasteiger charge is 2.16. The van der Waals surface area contributed by atoms with Crippen LogP contribution in [0.15, 0.2) is 24.3 Å². The Morgan fingerprint density at radius 1 is 1.00 bits per heavy atom. The van der Waals surface area contributed by atoms with Crippen molar-refractivity contribution in [3.8, 4) is 0 Å². The number of hydrogen-bond donors (Lipinski definition) is 1. The highest BCUT2D eigenvalue weighted by molar-refractivity contribution is 5.55. The van der Waals surface area contributed by atoms with Gasteiger partial charge in [-0.2, -0.15) is 0 Å². The molecule has 1 atom stereocenters. The molecule has 0 saturated heterocycles. The van der Waals surface area contributed by atoms with Crippen LogP contribution in [0.1, 0.15) is 52.6 Å². The average molecular weight is 262 g/mol. The van der Waals surface area contributed by atoms with E-state index in [-0.39, 0.29) is 6.04 Å². The zero-order valence-corrected chi connectivity index (χ0v) is 13.2. The molecule has 108 valence electrons. The first-order valence-corrected chi connectivity index (χ1v) is 7.55. The summed E-state index contributed by atoms with van der Waals surface area (Å²) >= 11 is 0. The zero-order valence-electron chi connectivity index (χ0n) is 13.2. The van der Waals surface area contributed by atoms with Crippen molar-refractivity contribution in [3.05, 3.63) is 29.8 Å². The molecule has 0 fully saturated rings. The standard InChI is InChI=1S/C17H30N2/c1-6-16(18)15-9-7-8-10-17(15)19(11-13(2)3)12-14(4)5/h7-10,13-14,16H,6,11-12,18H2,1-5H3/t16-/m1/s1. The van der Waals surface area contributed by atoms with Crippen LogP contribution in [0.4, 0.5) is 5.69 Å². The van der Waals surface area contributed by atoms with E-state index < -0.39 is 0 Å². The van der Waals surface area contributed by atoms with Crippen molar-refractivity contribution >= 4 is 5.69 Å². The van der Waals surface area contributed by atoms with Gasteiger partial charge in [0.05, 0.1) is 0 Å². The normalized spacial score (nSPS) is 13.1. The SMILES string of the molecule is CC[C@@H](N)c1ccccc1N(CC(C)C)CC(C)C. The number of para-hydroxylation sites is 1. The number of hydrogen-bond acceptors (Lipinski definition) is 2. The van der Waals surface area contributed by atoms with Crippen molar-refractivity contribution in [1.82, 2.24) is 0 Å². The second-order valence-electron chi connectivity index (χ2n) is 6.27. The van der Waals surface area contributed by atoms with Crippen LogP contribution in [-0.4, -0.2) is 13.1 Å². The molecule has 0 aliphatic heterocycles. The summed E-state index contributed by atoms with van der Waals surface area (Å²) in [4.78, 5) is 2.50. The van der Waals surface area contributed by atoms with Crippen molar-refractivity contribution < 1.29 is 0 Å². The molecule has 0 heterocycles. The lowest BCUT2D eigenvalue weighted by Crippen LogP contribution is -2.32. The molecule has 0 aliphatic rings. The topological polar surface area (TPSA) is 29.3 Å². The number of rotatable bonds is 7. The second kappa shape index (κ2) is 7.54. The van der Waals surface area contributed by atoms with E-state index in [2.05, 4.69) is 63.8 Å². The molecule has 19 heavy (non-hydrogen) atoms. The Labute approximate surface area is 119 Å². The Bertz CT molecular complexity index is 361. The first-order valence-electron chi connectivity index (χ1n) is 7.55. The second-order valence-corrected chi connectivity index (χ2v) is 6.27. The predicted molar refractivity (Wildman–Crippen MR) is 85.6 cm³/mol. The number of anilines is 1. The number of benzene rings is 1. The van der Waals surface area contributed by atoms with E-state index in [1.165, 1.54) is 11.3 Å². The molecular weight excluding hydrogens is 232 g/mol. The van der Waals surface area contributed by atoms with E-state index in [1.807, 2.05) is 0 Å². The highest BCUT2D eigenvalue weighted by atomic mass is 15.1. The summed E-state index contributed by atoms with van der Waals surface area (Å²) in [7, 11) is 0.